The SMILES string of the molecule is C.O=C(CCCSSCCNC(=O)CCC[n+]1ccc(/C=C/c2ccc(N(CCO)CCO)cc2)cc1)CCC[n+]1ccc(/C=C/c2ccc(N(CCO)CCO)cc2)cc1. The predicted octanol–water partition coefficient (Wildman–Crippen LogP) is 5.93. The number of aliphatic hydroxyl groups excluding tert-OH is 4. The molecule has 0 saturated carbocycles. The Balaban J connectivity index is 0.00000992. The molecule has 2 aromatic heterocycles. The standard InChI is InChI=1S/C47H62N5O6S2.CH4/c53-34-30-51(31-35-54)44-15-11-40(12-16-44)7-9-42-19-26-49(27-20-42)24-1-4-46(57)5-3-38-59-60-39-23-48-47(58)6-2-25-50-28-21-43(22-29-50)10-8-41-13-17-45(18-14-41)52(32-36-55)33-37-56;/h7-22,26-29,53-56H,1-6,23-25,30-39H2;1H4/q+1;/p+1. The molecule has 0 aliphatic carbocycles. The highest BCUT2D eigenvalue weighted by Gasteiger charge is 2.09. The van der Waals surface area contributed by atoms with Crippen LogP contribution in [0.15, 0.2) is 97.6 Å². The van der Waals surface area contributed by atoms with E-state index in [-0.39, 0.29) is 39.8 Å². The number of ketones is 1. The van der Waals surface area contributed by atoms with Crippen LogP contribution >= 0.6 is 21.6 Å². The summed E-state index contributed by atoms with van der Waals surface area (Å²) >= 11 is 0. The quantitative estimate of drug-likeness (QED) is 0.0244. The van der Waals surface area contributed by atoms with E-state index >= 15 is 0 Å². The summed E-state index contributed by atoms with van der Waals surface area (Å²) in [6.45, 7) is 4.30. The van der Waals surface area contributed by atoms with Gasteiger partial charge in [-0.1, -0.05) is 77.6 Å². The average molecular weight is 874 g/mol. The van der Waals surface area contributed by atoms with E-state index in [1.54, 1.807) is 21.6 Å². The van der Waals surface area contributed by atoms with E-state index in [1.807, 2.05) is 83.1 Å². The van der Waals surface area contributed by atoms with E-state index in [0.717, 1.165) is 77.5 Å². The minimum atomic E-state index is 0. The lowest BCUT2D eigenvalue weighted by molar-refractivity contribution is -0.697. The maximum atomic E-state index is 12.4. The zero-order valence-electron chi connectivity index (χ0n) is 34.7. The van der Waals surface area contributed by atoms with E-state index < -0.39 is 0 Å². The molecule has 61 heavy (non-hydrogen) atoms. The maximum absolute atomic E-state index is 12.4. The first-order valence-electron chi connectivity index (χ1n) is 20.9. The lowest BCUT2D eigenvalue weighted by atomic mass is 10.1. The fourth-order valence-electron chi connectivity index (χ4n) is 6.43. The Morgan fingerprint density at radius 1 is 0.525 bits per heavy atom. The predicted molar refractivity (Wildman–Crippen MR) is 254 cm³/mol. The molecule has 0 spiro atoms. The Bertz CT molecular complexity index is 1710. The van der Waals surface area contributed by atoms with Crippen molar-refractivity contribution in [1.82, 2.24) is 5.32 Å². The van der Waals surface area contributed by atoms with Gasteiger partial charge in [-0.3, -0.25) is 9.59 Å². The van der Waals surface area contributed by atoms with Crippen molar-refractivity contribution in [1.29, 1.82) is 0 Å². The van der Waals surface area contributed by atoms with Gasteiger partial charge in [0.25, 0.3) is 0 Å². The number of aromatic nitrogens is 2. The zero-order chi connectivity index (χ0) is 42.6. The average Bonchev–Trinajstić information content (AvgIpc) is 3.27. The van der Waals surface area contributed by atoms with Gasteiger partial charge in [-0.2, -0.15) is 0 Å². The van der Waals surface area contributed by atoms with Crippen molar-refractivity contribution >= 4 is 69.0 Å². The van der Waals surface area contributed by atoms with Crippen LogP contribution in [0.25, 0.3) is 24.3 Å². The summed E-state index contributed by atoms with van der Waals surface area (Å²) in [4.78, 5) is 28.7. The van der Waals surface area contributed by atoms with Gasteiger partial charge in [0.1, 0.15) is 18.9 Å². The number of pyridine rings is 2. The third-order valence-electron chi connectivity index (χ3n) is 9.73. The van der Waals surface area contributed by atoms with Gasteiger partial charge in [-0.15, -0.1) is 0 Å². The van der Waals surface area contributed by atoms with Gasteiger partial charge in [0.15, 0.2) is 24.8 Å². The number of nitrogens with zero attached hydrogens (tertiary/aromatic N) is 4. The smallest absolute Gasteiger partial charge is 0.220 e. The molecule has 0 unspecified atom stereocenters. The summed E-state index contributed by atoms with van der Waals surface area (Å²) < 4.78 is 4.20. The second kappa shape index (κ2) is 30.5. The topological polar surface area (TPSA) is 141 Å². The number of carbonyl (C=O) groups is 2. The van der Waals surface area contributed by atoms with Crippen molar-refractivity contribution < 1.29 is 39.1 Å². The number of anilines is 2. The molecular formula is C48H67N5O6S2+2. The summed E-state index contributed by atoms with van der Waals surface area (Å²) in [5, 5.41) is 40.1. The number of hydrogen-bond acceptors (Lipinski definition) is 10. The van der Waals surface area contributed by atoms with Crippen molar-refractivity contribution in [3.63, 3.8) is 0 Å². The Kier molecular flexibility index (Phi) is 25.4. The number of nitrogens with one attached hydrogen (secondary N) is 1. The molecule has 1 amide bonds. The fourth-order valence-corrected chi connectivity index (χ4v) is 8.42. The first-order valence-corrected chi connectivity index (χ1v) is 23.4. The second-order valence-electron chi connectivity index (χ2n) is 14.3. The first-order chi connectivity index (χ1) is 29.4. The molecule has 330 valence electrons. The fraction of sp³-hybridized carbons (Fsp3) is 0.417. The van der Waals surface area contributed by atoms with E-state index in [0.29, 0.717) is 57.8 Å². The molecule has 4 aromatic rings. The van der Waals surface area contributed by atoms with E-state index in [1.165, 1.54) is 0 Å². The molecule has 0 aliphatic rings. The Hall–Kier alpha value is -4.50. The maximum Gasteiger partial charge on any atom is 0.220 e. The normalized spacial score (nSPS) is 11.2. The van der Waals surface area contributed by atoms with Crippen LogP contribution in [0.5, 0.6) is 0 Å². The molecular weight excluding hydrogens is 807 g/mol. The van der Waals surface area contributed by atoms with E-state index in [2.05, 4.69) is 63.0 Å². The molecule has 0 radical (unpaired) electrons. The van der Waals surface area contributed by atoms with Gasteiger partial charge in [-0.05, 0) is 52.9 Å². The highest BCUT2D eigenvalue weighted by molar-refractivity contribution is 8.76. The van der Waals surface area contributed by atoms with Crippen LogP contribution in [0.3, 0.4) is 0 Å². The highest BCUT2D eigenvalue weighted by atomic mass is 33.1. The lowest BCUT2D eigenvalue weighted by Gasteiger charge is -2.22. The van der Waals surface area contributed by atoms with E-state index in [4.69, 9.17) is 0 Å². The van der Waals surface area contributed by atoms with Crippen molar-refractivity contribution in [3.05, 3.63) is 120 Å². The van der Waals surface area contributed by atoms with Crippen LogP contribution in [-0.4, -0.2) is 103 Å². The van der Waals surface area contributed by atoms with Crippen molar-refractivity contribution in [3.8, 4) is 0 Å². The third kappa shape index (κ3) is 20.3. The molecule has 0 atom stereocenters. The Morgan fingerprint density at radius 2 is 0.902 bits per heavy atom. The largest absolute Gasteiger partial charge is 0.395 e. The number of aryl methyl sites for hydroxylation is 2. The summed E-state index contributed by atoms with van der Waals surface area (Å²) in [6.07, 6.45) is 20.5. The second-order valence-corrected chi connectivity index (χ2v) is 17.0. The van der Waals surface area contributed by atoms with Gasteiger partial charge < -0.3 is 35.5 Å². The van der Waals surface area contributed by atoms with Crippen molar-refractivity contribution in [2.24, 2.45) is 0 Å². The van der Waals surface area contributed by atoms with Crippen molar-refractivity contribution in [2.45, 2.75) is 59.0 Å². The monoisotopic (exact) mass is 873 g/mol. The summed E-state index contributed by atoms with van der Waals surface area (Å²) in [6, 6.07) is 24.3. The third-order valence-corrected chi connectivity index (χ3v) is 12.2. The number of aliphatic hydroxyl groups is 4. The number of hydrogen-bond donors (Lipinski definition) is 5. The summed E-state index contributed by atoms with van der Waals surface area (Å²) in [5.74, 6) is 2.13. The van der Waals surface area contributed by atoms with E-state index in [9.17, 15) is 30.0 Å². The lowest BCUT2D eigenvalue weighted by Crippen LogP contribution is -2.34. The summed E-state index contributed by atoms with van der Waals surface area (Å²) in [7, 11) is 3.50. The van der Waals surface area contributed by atoms with Crippen LogP contribution < -0.4 is 24.3 Å². The van der Waals surface area contributed by atoms with Crippen LogP contribution in [0.1, 0.15) is 68.2 Å². The summed E-state index contributed by atoms with van der Waals surface area (Å²) in [5.41, 5.74) is 6.25. The van der Waals surface area contributed by atoms with Crippen molar-refractivity contribution in [2.75, 3.05) is 80.5 Å². The molecule has 0 saturated heterocycles. The highest BCUT2D eigenvalue weighted by Crippen LogP contribution is 2.22. The Morgan fingerprint density at radius 3 is 1.33 bits per heavy atom. The molecule has 11 nitrogen and oxygen atoms in total. The molecule has 13 heteroatoms. The van der Waals surface area contributed by atoms with Crippen LogP contribution in [0.4, 0.5) is 11.4 Å². The minimum absolute atomic E-state index is 0. The molecule has 0 fully saturated rings. The van der Waals surface area contributed by atoms with Crippen LogP contribution in [0, 0.1) is 0 Å². The van der Waals surface area contributed by atoms with Gasteiger partial charge >= 0.3 is 0 Å². The number of benzene rings is 2. The Labute approximate surface area is 371 Å². The molecule has 2 aromatic carbocycles. The van der Waals surface area contributed by atoms with Crippen LogP contribution in [0.2, 0.25) is 0 Å². The van der Waals surface area contributed by atoms with Gasteiger partial charge in [-0.25, -0.2) is 9.13 Å². The molecule has 0 aliphatic heterocycles. The van der Waals surface area contributed by atoms with Gasteiger partial charge in [0.05, 0.1) is 26.4 Å². The zero-order valence-corrected chi connectivity index (χ0v) is 36.3. The molecule has 4 rings (SSSR count). The number of Topliss-reactive ketones (excluding diaryl/α,β-unsaturated/α-hetero) is 1. The van der Waals surface area contributed by atoms with Crippen LogP contribution in [-0.2, 0) is 22.7 Å². The first kappa shape index (κ1) is 50.9. The number of amides is 1. The number of carbonyl (C=O) groups excluding carboxylic acids is 2. The van der Waals surface area contributed by atoms with Gasteiger partial charge in [0.2, 0.25) is 5.91 Å². The molecule has 5 N–H and O–H groups in total. The molecule has 2 heterocycles. The molecule has 0 bridgehead atoms. The number of rotatable bonds is 30. The van der Waals surface area contributed by atoms with Gasteiger partial charge in [0, 0.05) is 112 Å². The minimum Gasteiger partial charge on any atom is -0.395 e.